The Kier molecular flexibility index (Phi) is 5.32. The van der Waals surface area contributed by atoms with Gasteiger partial charge in [-0.3, -0.25) is 9.69 Å². The molecular formula is C18H18N2O5S. The van der Waals surface area contributed by atoms with Gasteiger partial charge in [-0.25, -0.2) is 9.59 Å². The number of carboxylic acids is 1. The molecule has 136 valence electrons. The number of carbonyl (C=O) groups excluding carboxylic acids is 2. The number of carboxylic acid groups (broad SMARTS) is 1. The highest BCUT2D eigenvalue weighted by Gasteiger charge is 2.54. The molecule has 2 aliphatic heterocycles. The van der Waals surface area contributed by atoms with Gasteiger partial charge in [-0.1, -0.05) is 42.5 Å². The third-order valence-electron chi connectivity index (χ3n) is 4.05. The van der Waals surface area contributed by atoms with E-state index in [0.29, 0.717) is 11.3 Å². The average Bonchev–Trinajstić information content (AvgIpc) is 2.65. The van der Waals surface area contributed by atoms with Gasteiger partial charge >= 0.3 is 12.1 Å². The van der Waals surface area contributed by atoms with Crippen LogP contribution in [-0.4, -0.2) is 45.1 Å². The number of thioether (sulfide) groups is 1. The monoisotopic (exact) mass is 374 g/mol. The van der Waals surface area contributed by atoms with Crippen molar-refractivity contribution in [3.05, 3.63) is 59.3 Å². The number of allylic oxidation sites excluding steroid dienone is 2. The minimum Gasteiger partial charge on any atom is -0.477 e. The minimum absolute atomic E-state index is 0.0208. The number of fused-ring (bicyclic) bond motifs is 1. The maximum Gasteiger partial charge on any atom is 0.408 e. The summed E-state index contributed by atoms with van der Waals surface area (Å²) in [7, 11) is 0. The molecule has 2 atom stereocenters. The second-order valence-electron chi connectivity index (χ2n) is 5.77. The summed E-state index contributed by atoms with van der Waals surface area (Å²) in [5, 5.41) is 11.5. The Labute approximate surface area is 154 Å². The Morgan fingerprint density at radius 2 is 2.12 bits per heavy atom. The number of carbonyl (C=O) groups is 3. The summed E-state index contributed by atoms with van der Waals surface area (Å²) in [4.78, 5) is 37.1. The number of benzene rings is 1. The van der Waals surface area contributed by atoms with Gasteiger partial charge in [0.25, 0.3) is 5.91 Å². The quantitative estimate of drug-likeness (QED) is 0.767. The molecular weight excluding hydrogens is 356 g/mol. The largest absolute Gasteiger partial charge is 0.477 e. The molecule has 26 heavy (non-hydrogen) atoms. The molecule has 2 N–H and O–H groups in total. The third kappa shape index (κ3) is 3.45. The predicted molar refractivity (Wildman–Crippen MR) is 96.1 cm³/mol. The lowest BCUT2D eigenvalue weighted by atomic mass is 10.0. The lowest BCUT2D eigenvalue weighted by Crippen LogP contribution is -2.70. The number of nitrogens with zero attached hydrogens (tertiary/aromatic N) is 1. The summed E-state index contributed by atoms with van der Waals surface area (Å²) < 4.78 is 5.13. The zero-order valence-electron chi connectivity index (χ0n) is 14.0. The molecule has 2 amide bonds. The number of ether oxygens (including phenoxy) is 1. The van der Waals surface area contributed by atoms with Gasteiger partial charge in [0.2, 0.25) is 0 Å². The van der Waals surface area contributed by atoms with E-state index in [0.717, 1.165) is 5.56 Å². The summed E-state index contributed by atoms with van der Waals surface area (Å²) in [6, 6.07) is 8.40. The smallest absolute Gasteiger partial charge is 0.408 e. The van der Waals surface area contributed by atoms with E-state index >= 15 is 0 Å². The zero-order chi connectivity index (χ0) is 18.7. The number of aliphatic carboxylic acids is 1. The fourth-order valence-electron chi connectivity index (χ4n) is 2.86. The molecule has 8 heteroatoms. The van der Waals surface area contributed by atoms with Crippen molar-refractivity contribution in [3.63, 3.8) is 0 Å². The zero-order valence-corrected chi connectivity index (χ0v) is 14.9. The number of amides is 2. The van der Waals surface area contributed by atoms with Gasteiger partial charge in [0.15, 0.2) is 0 Å². The van der Waals surface area contributed by atoms with Crippen LogP contribution in [-0.2, 0) is 20.9 Å². The van der Waals surface area contributed by atoms with Crippen molar-refractivity contribution in [1.82, 2.24) is 10.2 Å². The number of hydrogen-bond donors (Lipinski definition) is 2. The second kappa shape index (κ2) is 7.65. The van der Waals surface area contributed by atoms with Crippen molar-refractivity contribution >= 4 is 29.7 Å². The minimum atomic E-state index is -1.15. The van der Waals surface area contributed by atoms with Crippen LogP contribution >= 0.6 is 11.8 Å². The molecule has 1 aromatic rings. The lowest BCUT2D eigenvalue weighted by Gasteiger charge is -2.49. The van der Waals surface area contributed by atoms with Crippen molar-refractivity contribution in [3.8, 4) is 0 Å². The molecule has 0 aliphatic carbocycles. The number of β-lactam (4-membered cyclic amide) rings is 1. The molecule has 7 nitrogen and oxygen atoms in total. The highest BCUT2D eigenvalue weighted by Crippen LogP contribution is 2.40. The Morgan fingerprint density at radius 1 is 1.38 bits per heavy atom. The summed E-state index contributed by atoms with van der Waals surface area (Å²) in [6.45, 7) is 1.88. The fourth-order valence-corrected chi connectivity index (χ4v) is 4.18. The van der Waals surface area contributed by atoms with Crippen molar-refractivity contribution in [1.29, 1.82) is 0 Å². The highest BCUT2D eigenvalue weighted by molar-refractivity contribution is 8.00. The molecule has 0 radical (unpaired) electrons. The van der Waals surface area contributed by atoms with Gasteiger partial charge in [-0.05, 0) is 18.1 Å². The predicted octanol–water partition coefficient (Wildman–Crippen LogP) is 2.11. The maximum absolute atomic E-state index is 12.4. The van der Waals surface area contributed by atoms with Gasteiger partial charge < -0.3 is 15.2 Å². The Bertz CT molecular complexity index is 790. The number of hydrogen-bond acceptors (Lipinski definition) is 5. The molecule has 0 spiro atoms. The maximum atomic E-state index is 12.4. The van der Waals surface area contributed by atoms with E-state index in [1.165, 1.54) is 16.7 Å². The van der Waals surface area contributed by atoms with E-state index in [1.807, 2.05) is 30.3 Å². The first-order chi connectivity index (χ1) is 12.5. The summed E-state index contributed by atoms with van der Waals surface area (Å²) in [5.41, 5.74) is 1.40. The summed E-state index contributed by atoms with van der Waals surface area (Å²) in [5.74, 6) is -1.14. The molecule has 1 saturated heterocycles. The molecule has 1 aromatic carbocycles. The van der Waals surface area contributed by atoms with Gasteiger partial charge in [-0.2, -0.15) is 0 Å². The van der Waals surface area contributed by atoms with E-state index < -0.39 is 29.4 Å². The van der Waals surface area contributed by atoms with Crippen molar-refractivity contribution < 1.29 is 24.2 Å². The third-order valence-corrected chi connectivity index (χ3v) is 5.36. The van der Waals surface area contributed by atoms with Crippen LogP contribution < -0.4 is 5.32 Å². The van der Waals surface area contributed by atoms with E-state index in [9.17, 15) is 19.5 Å². The second-order valence-corrected chi connectivity index (χ2v) is 6.88. The van der Waals surface area contributed by atoms with E-state index in [2.05, 4.69) is 5.32 Å². The van der Waals surface area contributed by atoms with Crippen molar-refractivity contribution in [2.45, 2.75) is 24.9 Å². The average molecular weight is 374 g/mol. The van der Waals surface area contributed by atoms with Crippen molar-refractivity contribution in [2.24, 2.45) is 0 Å². The molecule has 2 heterocycles. The van der Waals surface area contributed by atoms with Crippen LogP contribution in [0.25, 0.3) is 0 Å². The molecule has 1 fully saturated rings. The van der Waals surface area contributed by atoms with Crippen LogP contribution in [0.4, 0.5) is 4.79 Å². The molecule has 1 unspecified atom stereocenters. The fraction of sp³-hybridized carbons (Fsp3) is 0.278. The van der Waals surface area contributed by atoms with Gasteiger partial charge in [0, 0.05) is 5.75 Å². The summed E-state index contributed by atoms with van der Waals surface area (Å²) >= 11 is 1.41. The molecule has 3 rings (SSSR count). The van der Waals surface area contributed by atoms with E-state index in [4.69, 9.17) is 4.74 Å². The molecule has 0 bridgehead atoms. The van der Waals surface area contributed by atoms with Crippen LogP contribution in [0.15, 0.2) is 53.8 Å². The van der Waals surface area contributed by atoms with Crippen LogP contribution in [0.5, 0.6) is 0 Å². The van der Waals surface area contributed by atoms with E-state index in [1.54, 1.807) is 19.1 Å². The van der Waals surface area contributed by atoms with Crippen molar-refractivity contribution in [2.75, 3.05) is 5.75 Å². The van der Waals surface area contributed by atoms with Gasteiger partial charge in [0.05, 0.1) is 0 Å². The van der Waals surface area contributed by atoms with Gasteiger partial charge in [0.1, 0.15) is 23.7 Å². The first-order valence-electron chi connectivity index (χ1n) is 8.04. The molecule has 0 aromatic heterocycles. The molecule has 0 saturated carbocycles. The standard InChI is InChI=1S/C18H18N2O5S/c1-2-6-12-10-26-16-13(15(21)20(16)14(12)17(22)23)19-18(24)25-9-11-7-4-3-5-8-11/h2-8,13,16H,9-10H2,1H3,(H,19,24)(H,22,23)/b6-2-/t13?,16-/m1/s1. The van der Waals surface area contributed by atoms with Crippen LogP contribution in [0.2, 0.25) is 0 Å². The van der Waals surface area contributed by atoms with E-state index in [-0.39, 0.29) is 12.3 Å². The van der Waals surface area contributed by atoms with Crippen LogP contribution in [0.3, 0.4) is 0 Å². The number of alkyl carbamates (subject to hydrolysis) is 1. The summed E-state index contributed by atoms with van der Waals surface area (Å²) in [6.07, 6.45) is 2.72. The number of rotatable bonds is 5. The first-order valence-corrected chi connectivity index (χ1v) is 9.09. The molecule has 2 aliphatic rings. The first kappa shape index (κ1) is 18.1. The normalized spacial score (nSPS) is 22.0. The Balaban J connectivity index is 1.63. The Hall–Kier alpha value is -2.74. The Morgan fingerprint density at radius 3 is 2.77 bits per heavy atom. The topological polar surface area (TPSA) is 95.9 Å². The van der Waals surface area contributed by atoms with Gasteiger partial charge in [-0.15, -0.1) is 11.8 Å². The van der Waals surface area contributed by atoms with Crippen LogP contribution in [0, 0.1) is 0 Å². The SMILES string of the molecule is C/C=C\C1=C(C(=O)O)N2C(=O)C(NC(=O)OCc3ccccc3)[C@H]2SC1. The highest BCUT2D eigenvalue weighted by atomic mass is 32.2. The number of nitrogens with one attached hydrogen (secondary N) is 1. The van der Waals surface area contributed by atoms with Crippen LogP contribution in [0.1, 0.15) is 12.5 Å². The lowest BCUT2D eigenvalue weighted by molar-refractivity contribution is -0.148.